The van der Waals surface area contributed by atoms with Crippen LogP contribution in [0.5, 0.6) is 11.8 Å². The standard InChI is InChI=1S/C59H52ClF3N10O7S/c1-4-59(77)39-20-43-49-37(25-73(43)55(75)38(39)26-78-56(59)76)32-7-5-8-33-44(12-11-42(67-49)45(32)33)80-29(3)28(2)54(74)72-18-17-70(24-31(72)13-15-64)53-35-19-40(60)47(34-9-10-41(62)51-46(34)36(22-65)52(66)81-51)48(63)50(35)68-57(69-53)79-27-58-14-6-16-71(58)23-30(61)21-58/h9-12,19-20,29-31,77H,2,4-8,13-14,16-18,21,23-27,66H2,1,3H3/t29-,30-,31+,58+,59+/m1/s1. The van der Waals surface area contributed by atoms with E-state index >= 15 is 8.78 Å². The van der Waals surface area contributed by atoms with Crippen molar-refractivity contribution in [2.75, 3.05) is 50.0 Å². The van der Waals surface area contributed by atoms with Crippen molar-refractivity contribution in [2.45, 2.75) is 108 Å². The number of aliphatic hydroxyl groups is 1. The number of nitrogens with two attached hydrogens (primary N) is 1. The van der Waals surface area contributed by atoms with Crippen molar-refractivity contribution in [1.29, 1.82) is 10.5 Å². The van der Waals surface area contributed by atoms with Crippen molar-refractivity contribution in [3.8, 4) is 46.4 Å². The number of carbonyl (C=O) groups excluding carboxylic acids is 2. The minimum Gasteiger partial charge on any atom is -0.486 e. The number of nitrogen functional groups attached to an aromatic ring is 1. The topological polar surface area (TPSA) is 226 Å². The van der Waals surface area contributed by atoms with Crippen LogP contribution in [0.4, 0.5) is 24.0 Å². The molecule has 1 aliphatic carbocycles. The Morgan fingerprint density at radius 3 is 2.65 bits per heavy atom. The van der Waals surface area contributed by atoms with Gasteiger partial charge >= 0.3 is 12.0 Å². The summed E-state index contributed by atoms with van der Waals surface area (Å²) in [5, 5.41) is 32.9. The lowest BCUT2D eigenvalue weighted by atomic mass is 9.85. The monoisotopic (exact) mass is 1140 g/mol. The number of anilines is 2. The van der Waals surface area contributed by atoms with E-state index in [0.29, 0.717) is 48.5 Å². The zero-order valence-corrected chi connectivity index (χ0v) is 45.7. The summed E-state index contributed by atoms with van der Waals surface area (Å²) in [7, 11) is 0. The van der Waals surface area contributed by atoms with Gasteiger partial charge in [0.15, 0.2) is 11.4 Å². The number of thiophene rings is 1. The summed E-state index contributed by atoms with van der Waals surface area (Å²) in [6.07, 6.45) is 2.00. The number of nitriles is 2. The molecule has 5 atom stereocenters. The smallest absolute Gasteiger partial charge is 0.343 e. The highest BCUT2D eigenvalue weighted by molar-refractivity contribution is 7.23. The van der Waals surface area contributed by atoms with E-state index < -0.39 is 53.0 Å². The summed E-state index contributed by atoms with van der Waals surface area (Å²) >= 11 is 7.89. The SMILES string of the molecule is C=C(C(=O)N1CCN(c2nc(OC[C@@]34CCCN3C[C@H](F)C4)nc3c(F)c(-c4ccc(F)c5sc(N)c(C#N)c45)c(Cl)cc23)C[C@@H]1CC#N)[C@@H](C)Oc1ccc2nc3c(c4c2c1CCC4)Cn1c-3cc2c(c1=O)COC(=O)[C@]2(O)CC. The summed E-state index contributed by atoms with van der Waals surface area (Å²) in [5.41, 5.74) is 8.29. The van der Waals surface area contributed by atoms with Crippen molar-refractivity contribution in [3.05, 3.63) is 109 Å². The van der Waals surface area contributed by atoms with E-state index in [1.807, 2.05) is 23.1 Å². The highest BCUT2D eigenvalue weighted by Gasteiger charge is 2.50. The molecule has 13 rings (SSSR count). The number of hydrogen-bond acceptors (Lipinski definition) is 16. The lowest BCUT2D eigenvalue weighted by molar-refractivity contribution is -0.172. The van der Waals surface area contributed by atoms with Crippen molar-refractivity contribution < 1.29 is 42.1 Å². The van der Waals surface area contributed by atoms with Crippen LogP contribution in [0, 0.1) is 34.3 Å². The second-order valence-electron chi connectivity index (χ2n) is 21.9. The number of rotatable bonds is 11. The molecule has 81 heavy (non-hydrogen) atoms. The first kappa shape index (κ1) is 52.5. The molecular weight excluding hydrogens is 1090 g/mol. The fraction of sp³-hybridized carbons (Fsp3) is 0.390. The van der Waals surface area contributed by atoms with E-state index in [4.69, 9.17) is 41.5 Å². The molecule has 1 amide bonds. The maximum absolute atomic E-state index is 17.6. The first-order valence-corrected chi connectivity index (χ1v) is 28.2. The number of cyclic esters (lactones) is 1. The fourth-order valence-electron chi connectivity index (χ4n) is 13.5. The van der Waals surface area contributed by atoms with Crippen LogP contribution in [0.15, 0.2) is 53.3 Å². The minimum atomic E-state index is -1.95. The van der Waals surface area contributed by atoms with E-state index in [0.717, 1.165) is 52.3 Å². The van der Waals surface area contributed by atoms with Crippen molar-refractivity contribution in [1.82, 2.24) is 29.3 Å². The van der Waals surface area contributed by atoms with Gasteiger partial charge in [-0.2, -0.15) is 20.5 Å². The van der Waals surface area contributed by atoms with Crippen molar-refractivity contribution >= 4 is 77.5 Å². The highest BCUT2D eigenvalue weighted by atomic mass is 35.5. The molecule has 0 saturated carbocycles. The van der Waals surface area contributed by atoms with E-state index in [9.17, 15) is 34.4 Å². The van der Waals surface area contributed by atoms with Crippen LogP contribution in [0.25, 0.3) is 54.4 Å². The Kier molecular flexibility index (Phi) is 12.6. The van der Waals surface area contributed by atoms with Gasteiger partial charge in [0.2, 0.25) is 0 Å². The molecule has 9 heterocycles. The highest BCUT2D eigenvalue weighted by Crippen LogP contribution is 2.48. The van der Waals surface area contributed by atoms with Gasteiger partial charge in [0.05, 0.1) is 68.4 Å². The molecule has 414 valence electrons. The normalized spacial score (nSPS) is 22.3. The molecule has 4 aromatic heterocycles. The molecule has 3 saturated heterocycles. The summed E-state index contributed by atoms with van der Waals surface area (Å²) in [4.78, 5) is 61.5. The number of carbonyl (C=O) groups is 2. The van der Waals surface area contributed by atoms with Gasteiger partial charge in [0.1, 0.15) is 59.5 Å². The summed E-state index contributed by atoms with van der Waals surface area (Å²) < 4.78 is 67.7. The second kappa shape index (κ2) is 19.4. The van der Waals surface area contributed by atoms with E-state index in [-0.39, 0.29) is 147 Å². The Balaban J connectivity index is 0.796. The molecule has 3 aromatic carbocycles. The quantitative estimate of drug-likeness (QED) is 0.0912. The lowest BCUT2D eigenvalue weighted by Gasteiger charge is -2.42. The molecule has 0 bridgehead atoms. The van der Waals surface area contributed by atoms with Crippen LogP contribution in [-0.4, -0.2) is 109 Å². The average molecular weight is 1140 g/mol. The number of nitrogens with zero attached hydrogens (tertiary/aromatic N) is 9. The molecule has 3 N–H and O–H groups in total. The molecule has 22 heteroatoms. The maximum atomic E-state index is 17.6. The average Bonchev–Trinajstić information content (AvgIpc) is 4.00. The number of alkyl halides is 1. The van der Waals surface area contributed by atoms with Crippen LogP contribution < -0.4 is 25.7 Å². The molecule has 6 aliphatic rings. The third kappa shape index (κ3) is 8.05. The first-order valence-electron chi connectivity index (χ1n) is 27.0. The van der Waals surface area contributed by atoms with E-state index in [1.54, 1.807) is 29.4 Å². The lowest BCUT2D eigenvalue weighted by Crippen LogP contribution is -2.56. The molecule has 0 unspecified atom stereocenters. The molecule has 3 fully saturated rings. The first-order chi connectivity index (χ1) is 39.0. The number of fused-ring (bicyclic) bond motifs is 8. The summed E-state index contributed by atoms with van der Waals surface area (Å²) in [5.74, 6) is -2.01. The number of amides is 1. The van der Waals surface area contributed by atoms with Crippen LogP contribution in [0.2, 0.25) is 5.02 Å². The van der Waals surface area contributed by atoms with Gasteiger partial charge in [0, 0.05) is 76.6 Å². The number of esters is 1. The molecule has 5 aliphatic heterocycles. The Hall–Kier alpha value is -7.82. The molecule has 0 radical (unpaired) electrons. The van der Waals surface area contributed by atoms with Gasteiger partial charge in [0.25, 0.3) is 11.5 Å². The zero-order valence-electron chi connectivity index (χ0n) is 44.1. The van der Waals surface area contributed by atoms with Crippen molar-refractivity contribution in [3.63, 3.8) is 0 Å². The molecular formula is C59H52ClF3N10O7S. The van der Waals surface area contributed by atoms with Gasteiger partial charge in [-0.25, -0.2) is 22.9 Å². The number of benzene rings is 3. The zero-order chi connectivity index (χ0) is 56.6. The number of hydrogen-bond donors (Lipinski definition) is 2. The fourth-order valence-corrected chi connectivity index (χ4v) is 14.7. The maximum Gasteiger partial charge on any atom is 0.343 e. The molecule has 7 aromatic rings. The van der Waals surface area contributed by atoms with Gasteiger partial charge in [-0.1, -0.05) is 31.2 Å². The minimum absolute atomic E-state index is 0.0228. The number of halogens is 4. The van der Waals surface area contributed by atoms with Gasteiger partial charge in [-0.05, 0) is 93.5 Å². The Morgan fingerprint density at radius 1 is 1.05 bits per heavy atom. The summed E-state index contributed by atoms with van der Waals surface area (Å²) in [6, 6.07) is 12.7. The van der Waals surface area contributed by atoms with Crippen LogP contribution in [-0.2, 0) is 45.9 Å². The van der Waals surface area contributed by atoms with Crippen LogP contribution in [0.3, 0.4) is 0 Å². The predicted molar refractivity (Wildman–Crippen MR) is 297 cm³/mol. The van der Waals surface area contributed by atoms with E-state index in [2.05, 4.69) is 22.5 Å². The number of ether oxygens (including phenoxy) is 3. The van der Waals surface area contributed by atoms with Crippen LogP contribution >= 0.6 is 22.9 Å². The van der Waals surface area contributed by atoms with Crippen molar-refractivity contribution in [2.24, 2.45) is 0 Å². The van der Waals surface area contributed by atoms with Gasteiger partial charge in [-0.3, -0.25) is 14.5 Å². The van der Waals surface area contributed by atoms with Gasteiger partial charge < -0.3 is 39.4 Å². The summed E-state index contributed by atoms with van der Waals surface area (Å²) in [6.45, 7) is 8.98. The van der Waals surface area contributed by atoms with Gasteiger partial charge in [-0.15, -0.1) is 11.3 Å². The molecule has 17 nitrogen and oxygen atoms in total. The Bertz CT molecular complexity index is 4100. The van der Waals surface area contributed by atoms with E-state index in [1.165, 1.54) is 12.1 Å². The third-order valence-electron chi connectivity index (χ3n) is 17.6. The number of piperazine rings is 1. The Morgan fingerprint density at radius 2 is 1.86 bits per heavy atom. The number of aromatic nitrogens is 4. The van der Waals surface area contributed by atoms with Crippen LogP contribution in [0.1, 0.15) is 85.8 Å². The third-order valence-corrected chi connectivity index (χ3v) is 18.9. The second-order valence-corrected chi connectivity index (χ2v) is 23.4. The number of aryl methyl sites for hydroxylation is 2. The Labute approximate surface area is 470 Å². The largest absolute Gasteiger partial charge is 0.486 e. The number of pyridine rings is 2. The molecule has 0 spiro atoms. The predicted octanol–water partition coefficient (Wildman–Crippen LogP) is 8.69.